The van der Waals surface area contributed by atoms with Crippen LogP contribution in [0, 0.1) is 6.92 Å². The van der Waals surface area contributed by atoms with Crippen LogP contribution in [-0.2, 0) is 9.53 Å². The van der Waals surface area contributed by atoms with E-state index in [-0.39, 0.29) is 12.5 Å². The summed E-state index contributed by atoms with van der Waals surface area (Å²) in [5.41, 5.74) is 1.62. The Morgan fingerprint density at radius 3 is 2.67 bits per heavy atom. The lowest BCUT2D eigenvalue weighted by Crippen LogP contribution is -2.34. The van der Waals surface area contributed by atoms with Crippen LogP contribution in [0.15, 0.2) is 30.3 Å². The van der Waals surface area contributed by atoms with Crippen LogP contribution in [0.25, 0.3) is 15.9 Å². The molecule has 0 saturated heterocycles. The second kappa shape index (κ2) is 8.10. The number of carbonyl (C=O) groups excluding carboxylic acids is 2. The van der Waals surface area contributed by atoms with Crippen molar-refractivity contribution in [1.82, 2.24) is 14.7 Å². The summed E-state index contributed by atoms with van der Waals surface area (Å²) in [7, 11) is 0. The second-order valence-electron chi connectivity index (χ2n) is 5.95. The maximum atomic E-state index is 12.4. The minimum Gasteiger partial charge on any atom is -0.451 e. The molecule has 0 bridgehead atoms. The van der Waals surface area contributed by atoms with E-state index in [0.717, 1.165) is 21.6 Å². The van der Waals surface area contributed by atoms with E-state index < -0.39 is 5.97 Å². The summed E-state index contributed by atoms with van der Waals surface area (Å²) in [6.07, 6.45) is 0. The Bertz CT molecular complexity index is 991. The number of hydrogen-bond donors (Lipinski definition) is 0. The first-order valence-electron chi connectivity index (χ1n) is 8.64. The van der Waals surface area contributed by atoms with E-state index in [4.69, 9.17) is 16.3 Å². The summed E-state index contributed by atoms with van der Waals surface area (Å²) >= 11 is 7.36. The first-order chi connectivity index (χ1) is 12.9. The predicted octanol–water partition coefficient (Wildman–Crippen LogP) is 4.07. The van der Waals surface area contributed by atoms with Gasteiger partial charge in [-0.05, 0) is 45.0 Å². The Morgan fingerprint density at radius 1 is 1.26 bits per heavy atom. The molecule has 0 fully saturated rings. The van der Waals surface area contributed by atoms with Crippen LogP contribution in [0.4, 0.5) is 0 Å². The molecule has 3 aromatic rings. The Hall–Kier alpha value is -2.38. The molecule has 142 valence electrons. The van der Waals surface area contributed by atoms with Crippen molar-refractivity contribution in [3.05, 3.63) is 45.9 Å². The predicted molar refractivity (Wildman–Crippen MR) is 107 cm³/mol. The van der Waals surface area contributed by atoms with Gasteiger partial charge in [-0.3, -0.25) is 4.79 Å². The maximum Gasteiger partial charge on any atom is 0.348 e. The number of fused-ring (bicyclic) bond motifs is 1. The molecule has 0 radical (unpaired) electrons. The van der Waals surface area contributed by atoms with E-state index in [1.807, 2.05) is 39.0 Å². The van der Waals surface area contributed by atoms with Gasteiger partial charge in [0.2, 0.25) is 0 Å². The molecule has 0 aliphatic heterocycles. The molecule has 3 rings (SSSR count). The van der Waals surface area contributed by atoms with Crippen LogP contribution in [0.5, 0.6) is 0 Å². The quantitative estimate of drug-likeness (QED) is 0.580. The highest BCUT2D eigenvalue weighted by Crippen LogP contribution is 2.31. The molecule has 27 heavy (non-hydrogen) atoms. The molecule has 0 aliphatic rings. The van der Waals surface area contributed by atoms with Crippen LogP contribution in [0.1, 0.15) is 29.2 Å². The molecule has 1 aromatic carbocycles. The highest BCUT2D eigenvalue weighted by Gasteiger charge is 2.20. The Balaban J connectivity index is 1.83. The lowest BCUT2D eigenvalue weighted by atomic mass is 10.3. The minimum absolute atomic E-state index is 0.198. The molecular formula is C19H20ClN3O3S. The van der Waals surface area contributed by atoms with Crippen LogP contribution in [0.3, 0.4) is 0 Å². The topological polar surface area (TPSA) is 64.4 Å². The summed E-state index contributed by atoms with van der Waals surface area (Å²) in [5.74, 6) is -0.704. The Labute approximate surface area is 166 Å². The number of benzene rings is 1. The number of likely N-dealkylation sites (N-methyl/N-ethyl adjacent to an activating group) is 1. The number of thiophene rings is 1. The molecule has 0 aliphatic carbocycles. The number of amides is 1. The standard InChI is InChI=1S/C19H20ClN3O3S/c1-4-22(5-2)17(24)11-26-19(25)16-10-15-12(3)21-23(18(15)27-16)14-8-6-7-13(20)9-14/h6-10H,4-5,11H2,1-3H3. The average molecular weight is 406 g/mol. The van der Waals surface area contributed by atoms with Gasteiger partial charge in [-0.25, -0.2) is 9.48 Å². The van der Waals surface area contributed by atoms with Crippen LogP contribution in [-0.4, -0.2) is 46.3 Å². The molecule has 6 nitrogen and oxygen atoms in total. The van der Waals surface area contributed by atoms with Gasteiger partial charge >= 0.3 is 5.97 Å². The van der Waals surface area contributed by atoms with Gasteiger partial charge in [-0.2, -0.15) is 5.10 Å². The number of aromatic nitrogens is 2. The molecule has 2 aromatic heterocycles. The van der Waals surface area contributed by atoms with E-state index in [2.05, 4.69) is 5.10 Å². The summed E-state index contributed by atoms with van der Waals surface area (Å²) in [4.78, 5) is 27.3. The normalized spacial score (nSPS) is 11.0. The van der Waals surface area contributed by atoms with Crippen LogP contribution >= 0.6 is 22.9 Å². The fourth-order valence-corrected chi connectivity index (χ4v) is 4.06. The van der Waals surface area contributed by atoms with Crippen molar-refractivity contribution in [2.45, 2.75) is 20.8 Å². The zero-order valence-corrected chi connectivity index (χ0v) is 16.9. The van der Waals surface area contributed by atoms with Gasteiger partial charge in [0, 0.05) is 23.5 Å². The number of aryl methyl sites for hydroxylation is 1. The second-order valence-corrected chi connectivity index (χ2v) is 7.42. The molecule has 0 atom stereocenters. The van der Waals surface area contributed by atoms with Gasteiger partial charge in [-0.1, -0.05) is 17.7 Å². The average Bonchev–Trinajstić information content (AvgIpc) is 3.21. The summed E-state index contributed by atoms with van der Waals surface area (Å²) in [6, 6.07) is 9.12. The molecule has 2 heterocycles. The monoisotopic (exact) mass is 405 g/mol. The number of rotatable bonds is 6. The molecule has 1 amide bonds. The highest BCUT2D eigenvalue weighted by atomic mass is 35.5. The molecule has 0 unspecified atom stereocenters. The summed E-state index contributed by atoms with van der Waals surface area (Å²) < 4.78 is 6.97. The summed E-state index contributed by atoms with van der Waals surface area (Å²) in [6.45, 7) is 6.58. The van der Waals surface area contributed by atoms with Gasteiger partial charge in [-0.15, -0.1) is 11.3 Å². The first kappa shape index (κ1) is 19.4. The van der Waals surface area contributed by atoms with Crippen molar-refractivity contribution in [3.63, 3.8) is 0 Å². The molecule has 0 N–H and O–H groups in total. The SMILES string of the molecule is CCN(CC)C(=O)COC(=O)c1cc2c(C)nn(-c3cccc(Cl)c3)c2s1. The Kier molecular flexibility index (Phi) is 5.82. The third-order valence-corrected chi connectivity index (χ3v) is 5.57. The Morgan fingerprint density at radius 2 is 2.00 bits per heavy atom. The van der Waals surface area contributed by atoms with E-state index in [9.17, 15) is 9.59 Å². The van der Waals surface area contributed by atoms with Gasteiger partial charge in [0.1, 0.15) is 9.71 Å². The van der Waals surface area contributed by atoms with E-state index >= 15 is 0 Å². The lowest BCUT2D eigenvalue weighted by molar-refractivity contribution is -0.134. The van der Waals surface area contributed by atoms with Crippen molar-refractivity contribution < 1.29 is 14.3 Å². The van der Waals surface area contributed by atoms with Crippen molar-refractivity contribution in [2.24, 2.45) is 0 Å². The van der Waals surface area contributed by atoms with Gasteiger partial charge in [0.25, 0.3) is 5.91 Å². The fraction of sp³-hybridized carbons (Fsp3) is 0.316. The van der Waals surface area contributed by atoms with Crippen molar-refractivity contribution in [1.29, 1.82) is 0 Å². The van der Waals surface area contributed by atoms with Crippen LogP contribution < -0.4 is 0 Å². The zero-order chi connectivity index (χ0) is 19.6. The maximum absolute atomic E-state index is 12.4. The van der Waals surface area contributed by atoms with Gasteiger partial charge < -0.3 is 9.64 Å². The molecule has 0 spiro atoms. The number of halogens is 1. The third-order valence-electron chi connectivity index (χ3n) is 4.24. The minimum atomic E-state index is -0.506. The number of nitrogens with zero attached hydrogens (tertiary/aromatic N) is 3. The zero-order valence-electron chi connectivity index (χ0n) is 15.4. The first-order valence-corrected chi connectivity index (χ1v) is 9.84. The number of carbonyl (C=O) groups is 2. The molecule has 0 saturated carbocycles. The third kappa shape index (κ3) is 3.99. The number of ether oxygens (including phenoxy) is 1. The van der Waals surface area contributed by atoms with Crippen molar-refractivity contribution in [3.8, 4) is 5.69 Å². The summed E-state index contributed by atoms with van der Waals surface area (Å²) in [5, 5.41) is 6.02. The highest BCUT2D eigenvalue weighted by molar-refractivity contribution is 7.20. The largest absolute Gasteiger partial charge is 0.451 e. The lowest BCUT2D eigenvalue weighted by Gasteiger charge is -2.17. The van der Waals surface area contributed by atoms with E-state index in [0.29, 0.717) is 23.0 Å². The number of hydrogen-bond acceptors (Lipinski definition) is 5. The number of esters is 1. The smallest absolute Gasteiger partial charge is 0.348 e. The van der Waals surface area contributed by atoms with Crippen LogP contribution in [0.2, 0.25) is 5.02 Å². The van der Waals surface area contributed by atoms with Gasteiger partial charge in [0.05, 0.1) is 11.4 Å². The van der Waals surface area contributed by atoms with E-state index in [1.54, 1.807) is 21.7 Å². The fourth-order valence-electron chi connectivity index (χ4n) is 2.80. The van der Waals surface area contributed by atoms with Crippen molar-refractivity contribution in [2.75, 3.05) is 19.7 Å². The molecular weight excluding hydrogens is 386 g/mol. The van der Waals surface area contributed by atoms with E-state index in [1.165, 1.54) is 11.3 Å². The van der Waals surface area contributed by atoms with Gasteiger partial charge in [0.15, 0.2) is 6.61 Å². The van der Waals surface area contributed by atoms with Crippen molar-refractivity contribution >= 4 is 45.0 Å². The molecule has 8 heteroatoms.